The molecule has 1 aliphatic rings. The van der Waals surface area contributed by atoms with E-state index < -0.39 is 0 Å². The smallest absolute Gasteiger partial charge is 0.0308 e. The predicted molar refractivity (Wildman–Crippen MR) is 63.8 cm³/mol. The first-order valence-corrected chi connectivity index (χ1v) is 5.81. The van der Waals surface area contributed by atoms with Gasteiger partial charge in [-0.05, 0) is 71.5 Å². The van der Waals surface area contributed by atoms with E-state index in [1.807, 2.05) is 0 Å². The summed E-state index contributed by atoms with van der Waals surface area (Å²) in [7, 11) is 0. The fourth-order valence-electron chi connectivity index (χ4n) is 2.10. The van der Waals surface area contributed by atoms with Crippen LogP contribution in [0.15, 0.2) is 12.1 Å². The average Bonchev–Trinajstić information content (AvgIpc) is 2.02. The monoisotopic (exact) mass is 287 g/mol. The lowest BCUT2D eigenvalue weighted by Crippen LogP contribution is -2.19. The molecular formula is C11H14IN. The van der Waals surface area contributed by atoms with Crippen LogP contribution in [0.4, 0.5) is 0 Å². The number of benzene rings is 1. The van der Waals surface area contributed by atoms with Crippen LogP contribution < -0.4 is 5.73 Å². The molecule has 2 N–H and O–H groups in total. The molecule has 0 spiro atoms. The summed E-state index contributed by atoms with van der Waals surface area (Å²) in [6, 6.07) is 4.79. The molecule has 0 aromatic heterocycles. The lowest BCUT2D eigenvalue weighted by molar-refractivity contribution is 0.567. The topological polar surface area (TPSA) is 26.0 Å². The Bertz CT molecular complexity index is 333. The van der Waals surface area contributed by atoms with Crippen molar-refractivity contribution in [1.82, 2.24) is 0 Å². The van der Waals surface area contributed by atoms with Crippen LogP contribution in [0.1, 0.15) is 35.6 Å². The summed E-state index contributed by atoms with van der Waals surface area (Å²) in [5.74, 6) is 0. The van der Waals surface area contributed by atoms with Crippen molar-refractivity contribution in [3.63, 3.8) is 0 Å². The van der Waals surface area contributed by atoms with Crippen molar-refractivity contribution in [3.8, 4) is 0 Å². The molecule has 13 heavy (non-hydrogen) atoms. The molecule has 2 heteroatoms. The van der Waals surface area contributed by atoms with E-state index in [1.165, 1.54) is 33.1 Å². The van der Waals surface area contributed by atoms with Crippen LogP contribution >= 0.6 is 22.6 Å². The van der Waals surface area contributed by atoms with Gasteiger partial charge in [-0.2, -0.15) is 0 Å². The Morgan fingerprint density at radius 3 is 3.00 bits per heavy atom. The molecule has 1 aromatic rings. The number of hydrogen-bond donors (Lipinski definition) is 1. The van der Waals surface area contributed by atoms with Crippen LogP contribution in [0, 0.1) is 10.5 Å². The summed E-state index contributed by atoms with van der Waals surface area (Å²) in [5.41, 5.74) is 10.3. The average molecular weight is 287 g/mol. The van der Waals surface area contributed by atoms with Gasteiger partial charge in [-0.1, -0.05) is 6.07 Å². The Morgan fingerprint density at radius 1 is 1.46 bits per heavy atom. The maximum atomic E-state index is 6.09. The van der Waals surface area contributed by atoms with Crippen molar-refractivity contribution >= 4 is 22.6 Å². The molecule has 70 valence electrons. The normalized spacial score (nSPS) is 21.3. The van der Waals surface area contributed by atoms with Crippen LogP contribution in [0.5, 0.6) is 0 Å². The molecule has 0 aliphatic heterocycles. The highest BCUT2D eigenvalue weighted by molar-refractivity contribution is 14.1. The highest BCUT2D eigenvalue weighted by atomic mass is 127. The zero-order chi connectivity index (χ0) is 9.42. The Balaban J connectivity index is 2.56. The molecule has 0 saturated carbocycles. The molecule has 1 aromatic carbocycles. The van der Waals surface area contributed by atoms with Crippen molar-refractivity contribution in [2.24, 2.45) is 5.73 Å². The number of nitrogens with two attached hydrogens (primary N) is 1. The summed E-state index contributed by atoms with van der Waals surface area (Å²) in [6.45, 7) is 2.16. The molecule has 2 rings (SSSR count). The fourth-order valence-corrected chi connectivity index (χ4v) is 3.34. The largest absolute Gasteiger partial charge is 0.324 e. The van der Waals surface area contributed by atoms with Gasteiger partial charge in [-0.25, -0.2) is 0 Å². The van der Waals surface area contributed by atoms with E-state index in [0.717, 1.165) is 6.42 Å². The minimum atomic E-state index is 0.274. The van der Waals surface area contributed by atoms with Crippen LogP contribution in [0.3, 0.4) is 0 Å². The fraction of sp³-hybridized carbons (Fsp3) is 0.455. The zero-order valence-electron chi connectivity index (χ0n) is 7.81. The molecular weight excluding hydrogens is 273 g/mol. The van der Waals surface area contributed by atoms with E-state index >= 15 is 0 Å². The van der Waals surface area contributed by atoms with Gasteiger partial charge in [0.25, 0.3) is 0 Å². The summed E-state index contributed by atoms with van der Waals surface area (Å²) in [5, 5.41) is 0. The van der Waals surface area contributed by atoms with E-state index in [4.69, 9.17) is 5.73 Å². The summed E-state index contributed by atoms with van der Waals surface area (Å²) in [4.78, 5) is 0. The SMILES string of the molecule is Cc1cc(I)c2c(c1)CCC[C@H]2N. The number of fused-ring (bicyclic) bond motifs is 1. The maximum absolute atomic E-state index is 6.09. The molecule has 1 nitrogen and oxygen atoms in total. The number of rotatable bonds is 0. The molecule has 0 radical (unpaired) electrons. The zero-order valence-corrected chi connectivity index (χ0v) is 9.97. The Morgan fingerprint density at radius 2 is 2.23 bits per heavy atom. The van der Waals surface area contributed by atoms with Gasteiger partial charge in [-0.3, -0.25) is 0 Å². The van der Waals surface area contributed by atoms with E-state index in [-0.39, 0.29) is 6.04 Å². The standard InChI is InChI=1S/C11H14IN/c1-7-5-8-3-2-4-10(13)11(8)9(12)6-7/h5-6,10H,2-4,13H2,1H3/t10-/m1/s1. The molecule has 1 atom stereocenters. The van der Waals surface area contributed by atoms with Crippen LogP contribution in [-0.2, 0) is 6.42 Å². The van der Waals surface area contributed by atoms with Crippen LogP contribution in [0.25, 0.3) is 0 Å². The highest BCUT2D eigenvalue weighted by Crippen LogP contribution is 2.32. The molecule has 0 heterocycles. The molecule has 0 bridgehead atoms. The predicted octanol–water partition coefficient (Wildman–Crippen LogP) is 2.94. The first kappa shape index (κ1) is 9.46. The molecule has 0 amide bonds. The van der Waals surface area contributed by atoms with E-state index in [9.17, 15) is 0 Å². The second kappa shape index (κ2) is 3.58. The van der Waals surface area contributed by atoms with E-state index in [2.05, 4.69) is 41.6 Å². The maximum Gasteiger partial charge on any atom is 0.0308 e. The van der Waals surface area contributed by atoms with Crippen molar-refractivity contribution in [1.29, 1.82) is 0 Å². The van der Waals surface area contributed by atoms with Crippen LogP contribution in [0.2, 0.25) is 0 Å². The lowest BCUT2D eigenvalue weighted by atomic mass is 9.87. The van der Waals surface area contributed by atoms with Gasteiger partial charge in [0, 0.05) is 9.61 Å². The molecule has 0 unspecified atom stereocenters. The second-order valence-corrected chi connectivity index (χ2v) is 4.98. The van der Waals surface area contributed by atoms with Gasteiger partial charge in [0.1, 0.15) is 0 Å². The third kappa shape index (κ3) is 1.74. The molecule has 0 fully saturated rings. The van der Waals surface area contributed by atoms with Gasteiger partial charge in [0.2, 0.25) is 0 Å². The molecule has 1 aliphatic carbocycles. The summed E-state index contributed by atoms with van der Waals surface area (Å²) >= 11 is 2.40. The van der Waals surface area contributed by atoms with E-state index in [1.54, 1.807) is 0 Å². The number of hydrogen-bond acceptors (Lipinski definition) is 1. The lowest BCUT2D eigenvalue weighted by Gasteiger charge is -2.24. The Kier molecular flexibility index (Phi) is 2.60. The Hall–Kier alpha value is -0.0900. The number of aryl methyl sites for hydroxylation is 2. The first-order chi connectivity index (χ1) is 6.18. The second-order valence-electron chi connectivity index (χ2n) is 3.82. The number of halogens is 1. The van der Waals surface area contributed by atoms with Crippen molar-refractivity contribution < 1.29 is 0 Å². The minimum Gasteiger partial charge on any atom is -0.324 e. The van der Waals surface area contributed by atoms with E-state index in [0.29, 0.717) is 0 Å². The third-order valence-electron chi connectivity index (χ3n) is 2.69. The summed E-state index contributed by atoms with van der Waals surface area (Å²) in [6.07, 6.45) is 3.60. The van der Waals surface area contributed by atoms with Gasteiger partial charge in [0.05, 0.1) is 0 Å². The first-order valence-electron chi connectivity index (χ1n) is 4.73. The Labute approximate surface area is 92.9 Å². The van der Waals surface area contributed by atoms with Crippen molar-refractivity contribution in [2.75, 3.05) is 0 Å². The third-order valence-corrected chi connectivity index (χ3v) is 3.58. The van der Waals surface area contributed by atoms with Crippen molar-refractivity contribution in [3.05, 3.63) is 32.4 Å². The van der Waals surface area contributed by atoms with Gasteiger partial charge >= 0.3 is 0 Å². The molecule has 0 saturated heterocycles. The minimum absolute atomic E-state index is 0.274. The summed E-state index contributed by atoms with van der Waals surface area (Å²) < 4.78 is 1.35. The quantitative estimate of drug-likeness (QED) is 0.729. The van der Waals surface area contributed by atoms with Crippen molar-refractivity contribution in [2.45, 2.75) is 32.2 Å². The highest BCUT2D eigenvalue weighted by Gasteiger charge is 2.19. The van der Waals surface area contributed by atoms with Gasteiger partial charge in [-0.15, -0.1) is 0 Å². The van der Waals surface area contributed by atoms with Crippen LogP contribution in [-0.4, -0.2) is 0 Å². The van der Waals surface area contributed by atoms with Gasteiger partial charge in [0.15, 0.2) is 0 Å². The van der Waals surface area contributed by atoms with Gasteiger partial charge < -0.3 is 5.73 Å².